The first-order chi connectivity index (χ1) is 13.6. The van der Waals surface area contributed by atoms with Gasteiger partial charge >= 0.3 is 0 Å². The van der Waals surface area contributed by atoms with Crippen LogP contribution in [-0.4, -0.2) is 55.3 Å². The molecule has 0 aliphatic carbocycles. The molecule has 2 aliphatic heterocycles. The van der Waals surface area contributed by atoms with E-state index in [0.29, 0.717) is 25.1 Å². The van der Waals surface area contributed by atoms with Crippen molar-refractivity contribution in [2.45, 2.75) is 13.0 Å². The number of nitrogens with zero attached hydrogens (tertiary/aromatic N) is 3. The molecule has 0 atom stereocenters. The summed E-state index contributed by atoms with van der Waals surface area (Å²) in [5.41, 5.74) is 3.24. The second-order valence-electron chi connectivity index (χ2n) is 6.95. The average molecular weight is 398 g/mol. The van der Waals surface area contributed by atoms with Crippen LogP contribution in [0.25, 0.3) is 0 Å². The Morgan fingerprint density at radius 3 is 2.71 bits per heavy atom. The van der Waals surface area contributed by atoms with Crippen molar-refractivity contribution < 1.29 is 14.6 Å². The van der Waals surface area contributed by atoms with Crippen LogP contribution >= 0.6 is 11.3 Å². The Hall–Kier alpha value is -2.60. The number of thiophene rings is 1. The standard InChI is InChI=1S/C20H22N4O3S/c21-11-17-16-5-6-23(12-18(16)28-20(17)26)13-19(25)22-14-1-3-15(4-2-14)24-7-9-27-10-8-24/h1-4,26H,5-10,12-13H2,(H,22,25). The van der Waals surface area contributed by atoms with Crippen molar-refractivity contribution in [3.8, 4) is 11.1 Å². The highest BCUT2D eigenvalue weighted by Gasteiger charge is 2.25. The fourth-order valence-electron chi connectivity index (χ4n) is 3.67. The Morgan fingerprint density at radius 2 is 2.00 bits per heavy atom. The first-order valence-corrected chi connectivity index (χ1v) is 10.1. The van der Waals surface area contributed by atoms with Gasteiger partial charge in [-0.15, -0.1) is 11.3 Å². The third-order valence-corrected chi connectivity index (χ3v) is 6.14. The molecule has 7 nitrogen and oxygen atoms in total. The van der Waals surface area contributed by atoms with Gasteiger partial charge in [0.25, 0.3) is 0 Å². The number of nitrogens with one attached hydrogen (secondary N) is 1. The van der Waals surface area contributed by atoms with E-state index in [1.54, 1.807) is 0 Å². The number of amides is 1. The fourth-order valence-corrected chi connectivity index (χ4v) is 4.75. The number of morpholine rings is 1. The molecule has 0 spiro atoms. The Bertz CT molecular complexity index is 897. The van der Waals surface area contributed by atoms with Gasteiger partial charge in [-0.2, -0.15) is 5.26 Å². The van der Waals surface area contributed by atoms with Crippen molar-refractivity contribution in [1.29, 1.82) is 5.26 Å². The first kappa shape index (κ1) is 18.7. The largest absolute Gasteiger partial charge is 0.499 e. The van der Waals surface area contributed by atoms with Gasteiger partial charge in [-0.3, -0.25) is 9.69 Å². The number of anilines is 2. The summed E-state index contributed by atoms with van der Waals surface area (Å²) in [6.07, 6.45) is 0.677. The number of aromatic hydroxyl groups is 1. The molecule has 1 aromatic heterocycles. The van der Waals surface area contributed by atoms with Crippen LogP contribution in [0, 0.1) is 11.3 Å². The molecule has 2 N–H and O–H groups in total. The van der Waals surface area contributed by atoms with Gasteiger partial charge in [0, 0.05) is 42.4 Å². The predicted molar refractivity (Wildman–Crippen MR) is 108 cm³/mol. The lowest BCUT2D eigenvalue weighted by Crippen LogP contribution is -2.37. The third-order valence-electron chi connectivity index (χ3n) is 5.12. The maximum Gasteiger partial charge on any atom is 0.238 e. The van der Waals surface area contributed by atoms with Crippen molar-refractivity contribution in [2.75, 3.05) is 49.6 Å². The van der Waals surface area contributed by atoms with Gasteiger partial charge in [-0.05, 0) is 36.2 Å². The number of carbonyl (C=O) groups excluding carboxylic acids is 1. The first-order valence-electron chi connectivity index (χ1n) is 9.32. The fraction of sp³-hybridized carbons (Fsp3) is 0.400. The molecule has 1 aromatic carbocycles. The minimum atomic E-state index is -0.0659. The maximum atomic E-state index is 12.4. The quantitative estimate of drug-likeness (QED) is 0.821. The van der Waals surface area contributed by atoms with Crippen LogP contribution in [0.5, 0.6) is 5.06 Å². The van der Waals surface area contributed by atoms with E-state index in [4.69, 9.17) is 10.00 Å². The van der Waals surface area contributed by atoms with Crippen molar-refractivity contribution in [3.05, 3.63) is 40.3 Å². The highest BCUT2D eigenvalue weighted by Crippen LogP contribution is 2.37. The zero-order valence-corrected chi connectivity index (χ0v) is 16.3. The third kappa shape index (κ3) is 3.97. The number of nitriles is 1. The summed E-state index contributed by atoms with van der Waals surface area (Å²) in [7, 11) is 0. The minimum absolute atomic E-state index is 0.0659. The molecule has 28 heavy (non-hydrogen) atoms. The number of hydrogen-bond donors (Lipinski definition) is 2. The molecule has 8 heteroatoms. The molecule has 3 heterocycles. The van der Waals surface area contributed by atoms with Gasteiger partial charge in [-0.1, -0.05) is 0 Å². The number of hydrogen-bond acceptors (Lipinski definition) is 7. The Labute approximate surface area is 167 Å². The van der Waals surface area contributed by atoms with Crippen LogP contribution in [0.2, 0.25) is 0 Å². The molecular formula is C20H22N4O3S. The molecule has 1 saturated heterocycles. The average Bonchev–Trinajstić information content (AvgIpc) is 3.03. The molecular weight excluding hydrogens is 376 g/mol. The summed E-state index contributed by atoms with van der Waals surface area (Å²) in [6, 6.07) is 9.96. The Morgan fingerprint density at radius 1 is 1.25 bits per heavy atom. The lowest BCUT2D eigenvalue weighted by molar-refractivity contribution is -0.117. The summed E-state index contributed by atoms with van der Waals surface area (Å²) in [6.45, 7) is 4.82. The molecule has 0 saturated carbocycles. The van der Waals surface area contributed by atoms with E-state index in [9.17, 15) is 9.90 Å². The van der Waals surface area contributed by atoms with Crippen LogP contribution in [-0.2, 0) is 22.5 Å². The van der Waals surface area contributed by atoms with Gasteiger partial charge in [0.15, 0.2) is 5.06 Å². The van der Waals surface area contributed by atoms with Gasteiger partial charge in [0.2, 0.25) is 5.91 Å². The van der Waals surface area contributed by atoms with Gasteiger partial charge < -0.3 is 20.1 Å². The van der Waals surface area contributed by atoms with E-state index >= 15 is 0 Å². The van der Waals surface area contributed by atoms with E-state index in [0.717, 1.165) is 48.1 Å². The summed E-state index contributed by atoms with van der Waals surface area (Å²) >= 11 is 1.24. The molecule has 4 rings (SSSR count). The molecule has 2 aliphatic rings. The van der Waals surface area contributed by atoms with Crippen LogP contribution in [0.1, 0.15) is 16.0 Å². The van der Waals surface area contributed by atoms with Crippen molar-refractivity contribution in [3.63, 3.8) is 0 Å². The van der Waals surface area contributed by atoms with Crippen molar-refractivity contribution in [2.24, 2.45) is 0 Å². The second-order valence-corrected chi connectivity index (χ2v) is 8.03. The molecule has 0 unspecified atom stereocenters. The van der Waals surface area contributed by atoms with Crippen molar-refractivity contribution >= 4 is 28.6 Å². The molecule has 1 fully saturated rings. The number of benzene rings is 1. The molecule has 1 amide bonds. The smallest absolute Gasteiger partial charge is 0.238 e. The predicted octanol–water partition coefficient (Wildman–Crippen LogP) is 2.16. The minimum Gasteiger partial charge on any atom is -0.499 e. The van der Waals surface area contributed by atoms with E-state index in [2.05, 4.69) is 16.3 Å². The zero-order chi connectivity index (χ0) is 19.5. The van der Waals surface area contributed by atoms with Gasteiger partial charge in [0.05, 0.1) is 19.8 Å². The van der Waals surface area contributed by atoms with E-state index in [1.165, 1.54) is 11.3 Å². The van der Waals surface area contributed by atoms with Crippen molar-refractivity contribution in [1.82, 2.24) is 4.90 Å². The lowest BCUT2D eigenvalue weighted by atomic mass is 10.0. The number of rotatable bonds is 4. The normalized spacial score (nSPS) is 17.0. The van der Waals surface area contributed by atoms with Gasteiger partial charge in [-0.25, -0.2) is 0 Å². The monoisotopic (exact) mass is 398 g/mol. The maximum absolute atomic E-state index is 12.4. The van der Waals surface area contributed by atoms with Crippen LogP contribution in [0.15, 0.2) is 24.3 Å². The molecule has 146 valence electrons. The van der Waals surface area contributed by atoms with Gasteiger partial charge in [0.1, 0.15) is 11.6 Å². The summed E-state index contributed by atoms with van der Waals surface area (Å²) in [5.74, 6) is -0.0659. The van der Waals surface area contributed by atoms with Crippen LogP contribution < -0.4 is 10.2 Å². The molecule has 0 bridgehead atoms. The number of fused-ring (bicyclic) bond motifs is 1. The van der Waals surface area contributed by atoms with E-state index in [-0.39, 0.29) is 17.5 Å². The van der Waals surface area contributed by atoms with E-state index in [1.807, 2.05) is 29.2 Å². The highest BCUT2D eigenvalue weighted by atomic mass is 32.1. The summed E-state index contributed by atoms with van der Waals surface area (Å²) in [5, 5.41) is 22.1. The topological polar surface area (TPSA) is 88.8 Å². The SMILES string of the molecule is N#Cc1c(O)sc2c1CCN(CC(=O)Nc1ccc(N3CCOCC3)cc1)C2. The Kier molecular flexibility index (Phi) is 5.48. The number of carbonyl (C=O) groups is 1. The lowest BCUT2D eigenvalue weighted by Gasteiger charge is -2.29. The van der Waals surface area contributed by atoms with E-state index < -0.39 is 0 Å². The Balaban J connectivity index is 1.32. The van der Waals surface area contributed by atoms with Crippen LogP contribution in [0.3, 0.4) is 0 Å². The van der Waals surface area contributed by atoms with Crippen LogP contribution in [0.4, 0.5) is 11.4 Å². The highest BCUT2D eigenvalue weighted by molar-refractivity contribution is 7.14. The molecule has 0 radical (unpaired) electrons. The molecule has 2 aromatic rings. The summed E-state index contributed by atoms with van der Waals surface area (Å²) in [4.78, 5) is 17.7. The summed E-state index contributed by atoms with van der Waals surface area (Å²) < 4.78 is 5.37. The number of ether oxygens (including phenoxy) is 1. The zero-order valence-electron chi connectivity index (χ0n) is 15.5. The second kappa shape index (κ2) is 8.19.